The van der Waals surface area contributed by atoms with Gasteiger partial charge < -0.3 is 15.4 Å². The summed E-state index contributed by atoms with van der Waals surface area (Å²) in [7, 11) is 1.63. The molecule has 1 amide bonds. The van der Waals surface area contributed by atoms with E-state index < -0.39 is 0 Å². The number of benzene rings is 2. The van der Waals surface area contributed by atoms with Gasteiger partial charge in [-0.3, -0.25) is 9.59 Å². The smallest absolute Gasteiger partial charge is 0.239 e. The molecule has 2 rings (SSSR count). The highest BCUT2D eigenvalue weighted by atomic mass is 16.5. The van der Waals surface area contributed by atoms with Gasteiger partial charge in [0, 0.05) is 17.8 Å². The van der Waals surface area contributed by atoms with Gasteiger partial charge in [0.25, 0.3) is 0 Å². The predicted molar refractivity (Wildman–Crippen MR) is 94.6 cm³/mol. The number of carbonyl (C=O) groups is 2. The van der Waals surface area contributed by atoms with E-state index >= 15 is 0 Å². The van der Waals surface area contributed by atoms with Crippen LogP contribution in [0, 0.1) is 0 Å². The molecule has 5 heteroatoms. The standard InChI is InChI=1S/C19H22N2O3/c1-14(22)16-6-8-17(9-7-16)21-13-19(23)20-11-10-15-4-3-5-18(12-15)24-2/h3-9,12,21H,10-11,13H2,1-2H3,(H,20,23). The van der Waals surface area contributed by atoms with Crippen LogP contribution in [0.1, 0.15) is 22.8 Å². The summed E-state index contributed by atoms with van der Waals surface area (Å²) in [5.41, 5.74) is 2.58. The monoisotopic (exact) mass is 326 g/mol. The van der Waals surface area contributed by atoms with Gasteiger partial charge in [0.15, 0.2) is 5.78 Å². The third kappa shape index (κ3) is 5.43. The molecule has 2 aromatic carbocycles. The average molecular weight is 326 g/mol. The minimum absolute atomic E-state index is 0.0248. The molecule has 0 atom stereocenters. The van der Waals surface area contributed by atoms with Crippen LogP contribution in [0.15, 0.2) is 48.5 Å². The molecule has 2 aromatic rings. The number of carbonyl (C=O) groups excluding carboxylic acids is 2. The van der Waals surface area contributed by atoms with Crippen molar-refractivity contribution in [3.63, 3.8) is 0 Å². The lowest BCUT2D eigenvalue weighted by Gasteiger charge is -2.09. The van der Waals surface area contributed by atoms with Crippen molar-refractivity contribution in [2.75, 3.05) is 25.5 Å². The van der Waals surface area contributed by atoms with Gasteiger partial charge in [0.05, 0.1) is 13.7 Å². The molecular weight excluding hydrogens is 304 g/mol. The highest BCUT2D eigenvalue weighted by Gasteiger charge is 2.03. The van der Waals surface area contributed by atoms with Crippen molar-refractivity contribution in [1.29, 1.82) is 0 Å². The van der Waals surface area contributed by atoms with Crippen molar-refractivity contribution >= 4 is 17.4 Å². The van der Waals surface area contributed by atoms with Crippen LogP contribution in [-0.4, -0.2) is 31.9 Å². The van der Waals surface area contributed by atoms with E-state index in [-0.39, 0.29) is 18.2 Å². The SMILES string of the molecule is COc1cccc(CCNC(=O)CNc2ccc(C(C)=O)cc2)c1. The maximum atomic E-state index is 11.9. The number of ether oxygens (including phenoxy) is 1. The molecule has 0 aromatic heterocycles. The number of Topliss-reactive ketones (excluding diaryl/α,β-unsaturated/α-hetero) is 1. The van der Waals surface area contributed by atoms with Crippen LogP contribution >= 0.6 is 0 Å². The number of anilines is 1. The van der Waals surface area contributed by atoms with E-state index in [0.29, 0.717) is 12.1 Å². The normalized spacial score (nSPS) is 10.1. The molecule has 0 aliphatic rings. The molecular formula is C19H22N2O3. The number of rotatable bonds is 8. The molecule has 126 valence electrons. The summed E-state index contributed by atoms with van der Waals surface area (Å²) < 4.78 is 5.17. The Morgan fingerprint density at radius 2 is 1.83 bits per heavy atom. The Bertz CT molecular complexity index is 696. The molecule has 0 aliphatic heterocycles. The first-order valence-corrected chi connectivity index (χ1v) is 7.83. The Hall–Kier alpha value is -2.82. The van der Waals surface area contributed by atoms with Crippen molar-refractivity contribution in [2.24, 2.45) is 0 Å². The summed E-state index contributed by atoms with van der Waals surface area (Å²) in [6.45, 7) is 2.28. The van der Waals surface area contributed by atoms with Crippen molar-refractivity contribution < 1.29 is 14.3 Å². The number of hydrogen-bond acceptors (Lipinski definition) is 4. The molecule has 0 fully saturated rings. The predicted octanol–water partition coefficient (Wildman–Crippen LogP) is 2.67. The van der Waals surface area contributed by atoms with Crippen LogP contribution in [0.2, 0.25) is 0 Å². The second kappa shape index (κ2) is 8.72. The van der Waals surface area contributed by atoms with Crippen LogP contribution < -0.4 is 15.4 Å². The first-order chi connectivity index (χ1) is 11.6. The van der Waals surface area contributed by atoms with Crippen molar-refractivity contribution in [3.8, 4) is 5.75 Å². The molecule has 0 unspecified atom stereocenters. The zero-order chi connectivity index (χ0) is 17.4. The van der Waals surface area contributed by atoms with E-state index in [0.717, 1.165) is 23.4 Å². The van der Waals surface area contributed by atoms with E-state index in [1.807, 2.05) is 24.3 Å². The topological polar surface area (TPSA) is 67.4 Å². The van der Waals surface area contributed by atoms with E-state index in [1.54, 1.807) is 31.4 Å². The highest BCUT2D eigenvalue weighted by Crippen LogP contribution is 2.12. The lowest BCUT2D eigenvalue weighted by atomic mass is 10.1. The maximum Gasteiger partial charge on any atom is 0.239 e. The van der Waals surface area contributed by atoms with Crippen molar-refractivity contribution in [1.82, 2.24) is 5.32 Å². The molecule has 2 N–H and O–H groups in total. The van der Waals surface area contributed by atoms with Gasteiger partial charge in [-0.2, -0.15) is 0 Å². The van der Waals surface area contributed by atoms with Crippen molar-refractivity contribution in [2.45, 2.75) is 13.3 Å². The lowest BCUT2D eigenvalue weighted by molar-refractivity contribution is -0.119. The van der Waals surface area contributed by atoms with Crippen LogP contribution in [-0.2, 0) is 11.2 Å². The summed E-state index contributed by atoms with van der Waals surface area (Å²) in [5.74, 6) is 0.764. The number of nitrogens with one attached hydrogen (secondary N) is 2. The first kappa shape index (κ1) is 17.5. The second-order valence-corrected chi connectivity index (χ2v) is 5.44. The fourth-order valence-corrected chi connectivity index (χ4v) is 2.24. The van der Waals surface area contributed by atoms with Gasteiger partial charge in [-0.25, -0.2) is 0 Å². The van der Waals surface area contributed by atoms with Crippen LogP contribution in [0.4, 0.5) is 5.69 Å². The number of ketones is 1. The largest absolute Gasteiger partial charge is 0.497 e. The van der Waals surface area contributed by atoms with Gasteiger partial charge >= 0.3 is 0 Å². The third-order valence-electron chi connectivity index (χ3n) is 3.61. The molecule has 0 spiro atoms. The van der Waals surface area contributed by atoms with Gasteiger partial charge in [-0.1, -0.05) is 12.1 Å². The zero-order valence-electron chi connectivity index (χ0n) is 14.0. The fourth-order valence-electron chi connectivity index (χ4n) is 2.24. The van der Waals surface area contributed by atoms with Gasteiger partial charge in [-0.05, 0) is 55.3 Å². The molecule has 24 heavy (non-hydrogen) atoms. The quantitative estimate of drug-likeness (QED) is 0.732. The van der Waals surface area contributed by atoms with E-state index in [1.165, 1.54) is 6.92 Å². The van der Waals surface area contributed by atoms with E-state index in [2.05, 4.69) is 10.6 Å². The van der Waals surface area contributed by atoms with Gasteiger partial charge in [-0.15, -0.1) is 0 Å². The third-order valence-corrected chi connectivity index (χ3v) is 3.61. The van der Waals surface area contributed by atoms with Crippen LogP contribution in [0.5, 0.6) is 5.75 Å². The summed E-state index contributed by atoms with van der Waals surface area (Å²) in [6, 6.07) is 14.9. The Morgan fingerprint density at radius 3 is 2.50 bits per heavy atom. The van der Waals surface area contributed by atoms with E-state index in [9.17, 15) is 9.59 Å². The minimum atomic E-state index is -0.0754. The van der Waals surface area contributed by atoms with Crippen LogP contribution in [0.3, 0.4) is 0 Å². The number of amides is 1. The maximum absolute atomic E-state index is 11.9. The highest BCUT2D eigenvalue weighted by molar-refractivity contribution is 5.94. The Labute approximate surface area is 142 Å². The van der Waals surface area contributed by atoms with E-state index in [4.69, 9.17) is 4.74 Å². The Balaban J connectivity index is 1.72. The molecule has 0 bridgehead atoms. The summed E-state index contributed by atoms with van der Waals surface area (Å²) in [4.78, 5) is 23.1. The van der Waals surface area contributed by atoms with Gasteiger partial charge in [0.1, 0.15) is 5.75 Å². The Morgan fingerprint density at radius 1 is 1.08 bits per heavy atom. The fraction of sp³-hybridized carbons (Fsp3) is 0.263. The Kier molecular flexibility index (Phi) is 6.37. The molecule has 0 saturated carbocycles. The summed E-state index contributed by atoms with van der Waals surface area (Å²) >= 11 is 0. The number of hydrogen-bond donors (Lipinski definition) is 2. The first-order valence-electron chi connectivity index (χ1n) is 7.83. The average Bonchev–Trinajstić information content (AvgIpc) is 2.60. The van der Waals surface area contributed by atoms with Crippen molar-refractivity contribution in [3.05, 3.63) is 59.7 Å². The number of methoxy groups -OCH3 is 1. The molecule has 5 nitrogen and oxygen atoms in total. The molecule has 0 saturated heterocycles. The zero-order valence-corrected chi connectivity index (χ0v) is 14.0. The summed E-state index contributed by atoms with van der Waals surface area (Å²) in [6.07, 6.45) is 0.746. The molecule has 0 aliphatic carbocycles. The molecule has 0 radical (unpaired) electrons. The molecule has 0 heterocycles. The van der Waals surface area contributed by atoms with Gasteiger partial charge in [0.2, 0.25) is 5.91 Å². The second-order valence-electron chi connectivity index (χ2n) is 5.44. The summed E-state index contributed by atoms with van der Waals surface area (Å²) in [5, 5.41) is 5.91. The van der Waals surface area contributed by atoms with Crippen LogP contribution in [0.25, 0.3) is 0 Å². The minimum Gasteiger partial charge on any atom is -0.497 e. The lowest BCUT2D eigenvalue weighted by Crippen LogP contribution is -2.31.